The number of pyridine rings is 2. The van der Waals surface area contributed by atoms with Crippen LogP contribution in [0.3, 0.4) is 0 Å². The van der Waals surface area contributed by atoms with Gasteiger partial charge in [0.1, 0.15) is 11.2 Å². The Morgan fingerprint density at radius 3 is 2.55 bits per heavy atom. The van der Waals surface area contributed by atoms with E-state index in [4.69, 9.17) is 4.74 Å². The van der Waals surface area contributed by atoms with Crippen molar-refractivity contribution in [1.29, 1.82) is 0 Å². The van der Waals surface area contributed by atoms with E-state index in [0.29, 0.717) is 24.6 Å². The first-order valence-corrected chi connectivity index (χ1v) is 13.1. The number of hydrogen-bond acceptors (Lipinski definition) is 6. The second-order valence-corrected chi connectivity index (χ2v) is 10.2. The number of carbonyl (C=O) groups excluding carboxylic acids is 2. The number of hydrogen-bond donors (Lipinski definition) is 0. The summed E-state index contributed by atoms with van der Waals surface area (Å²) in [5.74, 6) is 0.259. The molecule has 0 unspecified atom stereocenters. The quantitative estimate of drug-likeness (QED) is 0.292. The topological polar surface area (TPSA) is 78.9 Å². The number of amides is 2. The van der Waals surface area contributed by atoms with Crippen LogP contribution in [0.2, 0.25) is 0 Å². The minimum absolute atomic E-state index is 0.191. The molecule has 38 heavy (non-hydrogen) atoms. The van der Waals surface area contributed by atoms with Gasteiger partial charge in [-0.25, -0.2) is 0 Å². The highest BCUT2D eigenvalue weighted by molar-refractivity contribution is 6.20. The molecule has 1 aromatic carbocycles. The van der Waals surface area contributed by atoms with Crippen LogP contribution >= 0.6 is 0 Å². The molecule has 3 aromatic rings. The van der Waals surface area contributed by atoms with Crippen molar-refractivity contribution in [2.45, 2.75) is 40.0 Å². The van der Waals surface area contributed by atoms with Crippen LogP contribution in [0, 0.1) is 5.41 Å². The minimum atomic E-state index is -1.12. The maximum absolute atomic E-state index is 13.1. The van der Waals surface area contributed by atoms with Crippen LogP contribution < -0.4 is 19.4 Å². The van der Waals surface area contributed by atoms with Crippen molar-refractivity contribution in [2.75, 3.05) is 48.5 Å². The number of fused-ring (bicyclic) bond motifs is 1. The maximum atomic E-state index is 13.1. The molecule has 0 bridgehead atoms. The van der Waals surface area contributed by atoms with Crippen LogP contribution in [0.25, 0.3) is 0 Å². The number of rotatable bonds is 10. The van der Waals surface area contributed by atoms with Crippen molar-refractivity contribution < 1.29 is 14.3 Å². The maximum Gasteiger partial charge on any atom is 0.242 e. The zero-order chi connectivity index (χ0) is 27.3. The molecule has 1 aliphatic rings. The third-order valence-corrected chi connectivity index (χ3v) is 7.07. The Balaban J connectivity index is 1.34. The molecule has 0 saturated heterocycles. The fourth-order valence-electron chi connectivity index (χ4n) is 4.75. The first-order chi connectivity index (χ1) is 18.2. The molecule has 200 valence electrons. The molecule has 0 radical (unpaired) electrons. The Hall–Kier alpha value is -3.94. The Bertz CT molecular complexity index is 1280. The molecule has 8 heteroatoms. The standard InChI is InChI=1S/C30H37N5O3/c1-6-35-26-13-12-25(20-27(26)34(5)28(36)30(2,3)29(35)37)38-18-8-17-33(4)24-14-16-32-23(19-24)11-10-22-9-7-15-31-21-22/h7,9,12-16,19-21H,6,8,10-11,17-18H2,1-5H3. The minimum Gasteiger partial charge on any atom is -0.493 e. The number of carbonyl (C=O) groups is 2. The molecule has 3 heterocycles. The normalized spacial score (nSPS) is 14.8. The number of benzene rings is 1. The summed E-state index contributed by atoms with van der Waals surface area (Å²) >= 11 is 0. The van der Waals surface area contributed by atoms with E-state index in [0.717, 1.165) is 42.9 Å². The van der Waals surface area contributed by atoms with E-state index in [1.807, 2.05) is 49.6 Å². The van der Waals surface area contributed by atoms with Crippen molar-refractivity contribution >= 4 is 28.9 Å². The predicted octanol–water partition coefficient (Wildman–Crippen LogP) is 4.52. The molecule has 2 amide bonds. The van der Waals surface area contributed by atoms with Crippen LogP contribution in [0.15, 0.2) is 61.1 Å². The highest BCUT2D eigenvalue weighted by Crippen LogP contribution is 2.40. The molecule has 1 aliphatic heterocycles. The number of aromatic nitrogens is 2. The summed E-state index contributed by atoms with van der Waals surface area (Å²) < 4.78 is 6.06. The Morgan fingerprint density at radius 2 is 1.82 bits per heavy atom. The number of nitrogens with zero attached hydrogens (tertiary/aromatic N) is 5. The molecule has 8 nitrogen and oxygen atoms in total. The largest absolute Gasteiger partial charge is 0.493 e. The van der Waals surface area contributed by atoms with E-state index in [9.17, 15) is 9.59 Å². The fraction of sp³-hybridized carbons (Fsp3) is 0.400. The lowest BCUT2D eigenvalue weighted by molar-refractivity contribution is -0.137. The van der Waals surface area contributed by atoms with E-state index in [2.05, 4.69) is 34.0 Å². The Kier molecular flexibility index (Phi) is 8.29. The molecule has 0 N–H and O–H groups in total. The molecule has 0 aliphatic carbocycles. The molecule has 4 rings (SSSR count). The van der Waals surface area contributed by atoms with Gasteiger partial charge in [-0.1, -0.05) is 6.07 Å². The van der Waals surface area contributed by atoms with E-state index < -0.39 is 5.41 Å². The average molecular weight is 516 g/mol. The Morgan fingerprint density at radius 1 is 1.00 bits per heavy atom. The van der Waals surface area contributed by atoms with Crippen molar-refractivity contribution in [1.82, 2.24) is 9.97 Å². The zero-order valence-electron chi connectivity index (χ0n) is 23.0. The van der Waals surface area contributed by atoms with Crippen LogP contribution in [0.5, 0.6) is 5.75 Å². The van der Waals surface area contributed by atoms with Crippen LogP contribution in [-0.2, 0) is 22.4 Å². The first kappa shape index (κ1) is 27.1. The zero-order valence-corrected chi connectivity index (χ0v) is 23.0. The SMILES string of the molecule is CCN1C(=O)C(C)(C)C(=O)N(C)c2cc(OCCCN(C)c3ccnc(CCc4cccnc4)c3)ccc21. The van der Waals surface area contributed by atoms with Crippen LogP contribution in [0.1, 0.15) is 38.4 Å². The number of ether oxygens (including phenoxy) is 1. The highest BCUT2D eigenvalue weighted by atomic mass is 16.5. The van der Waals surface area contributed by atoms with Gasteiger partial charge in [-0.15, -0.1) is 0 Å². The van der Waals surface area contributed by atoms with E-state index >= 15 is 0 Å². The van der Waals surface area contributed by atoms with Crippen LogP contribution in [0.4, 0.5) is 17.1 Å². The summed E-state index contributed by atoms with van der Waals surface area (Å²) in [6.07, 6.45) is 8.14. The van der Waals surface area contributed by atoms with Crippen LogP contribution in [-0.4, -0.2) is 55.6 Å². The summed E-state index contributed by atoms with van der Waals surface area (Å²) in [4.78, 5) is 40.3. The summed E-state index contributed by atoms with van der Waals surface area (Å²) in [6, 6.07) is 13.8. The smallest absolute Gasteiger partial charge is 0.242 e. The third kappa shape index (κ3) is 5.79. The fourth-order valence-corrected chi connectivity index (χ4v) is 4.75. The first-order valence-electron chi connectivity index (χ1n) is 13.1. The van der Waals surface area contributed by atoms with Gasteiger partial charge in [0.15, 0.2) is 0 Å². The van der Waals surface area contributed by atoms with E-state index in [1.165, 1.54) is 5.56 Å². The van der Waals surface area contributed by atoms with Gasteiger partial charge in [0.05, 0.1) is 18.0 Å². The van der Waals surface area contributed by atoms with Gasteiger partial charge in [0.2, 0.25) is 11.8 Å². The second kappa shape index (κ2) is 11.6. The third-order valence-electron chi connectivity index (χ3n) is 7.07. The van der Waals surface area contributed by atoms with Gasteiger partial charge >= 0.3 is 0 Å². The van der Waals surface area contributed by atoms with Crippen molar-refractivity contribution in [2.24, 2.45) is 5.41 Å². The average Bonchev–Trinajstić information content (AvgIpc) is 2.99. The lowest BCUT2D eigenvalue weighted by Crippen LogP contribution is -2.47. The second-order valence-electron chi connectivity index (χ2n) is 10.2. The van der Waals surface area contributed by atoms with Gasteiger partial charge < -0.3 is 19.4 Å². The molecule has 0 spiro atoms. The molecular formula is C30H37N5O3. The van der Waals surface area contributed by atoms with Gasteiger partial charge in [0, 0.05) is 63.2 Å². The summed E-state index contributed by atoms with van der Waals surface area (Å²) in [6.45, 7) is 7.12. The van der Waals surface area contributed by atoms with E-state index in [1.54, 1.807) is 36.9 Å². The summed E-state index contributed by atoms with van der Waals surface area (Å²) in [5, 5.41) is 0. The monoisotopic (exact) mass is 515 g/mol. The van der Waals surface area contributed by atoms with Crippen molar-refractivity contribution in [3.63, 3.8) is 0 Å². The number of aryl methyl sites for hydroxylation is 2. The molecule has 2 aromatic heterocycles. The molecular weight excluding hydrogens is 478 g/mol. The summed E-state index contributed by atoms with van der Waals surface area (Å²) in [7, 11) is 3.79. The number of anilines is 3. The molecule has 0 saturated carbocycles. The molecule has 0 fully saturated rings. The van der Waals surface area contributed by atoms with Gasteiger partial charge in [-0.3, -0.25) is 19.6 Å². The lowest BCUT2D eigenvalue weighted by Gasteiger charge is -2.27. The Labute approximate surface area is 225 Å². The van der Waals surface area contributed by atoms with Gasteiger partial charge in [-0.05, 0) is 75.9 Å². The lowest BCUT2D eigenvalue weighted by atomic mass is 9.90. The van der Waals surface area contributed by atoms with E-state index in [-0.39, 0.29) is 11.8 Å². The highest BCUT2D eigenvalue weighted by Gasteiger charge is 2.45. The predicted molar refractivity (Wildman–Crippen MR) is 151 cm³/mol. The van der Waals surface area contributed by atoms with Gasteiger partial charge in [-0.2, -0.15) is 0 Å². The summed E-state index contributed by atoms with van der Waals surface area (Å²) in [5.41, 5.74) is 3.67. The van der Waals surface area contributed by atoms with Gasteiger partial charge in [0.25, 0.3) is 0 Å². The van der Waals surface area contributed by atoms with Crippen molar-refractivity contribution in [3.05, 3.63) is 72.3 Å². The van der Waals surface area contributed by atoms with Crippen molar-refractivity contribution in [3.8, 4) is 5.75 Å². The molecule has 0 atom stereocenters.